The largest absolute Gasteiger partial charge is 0.493 e. The number of rotatable bonds is 4. The number of aromatic carboxylic acids is 1. The van der Waals surface area contributed by atoms with E-state index in [4.69, 9.17) is 5.11 Å². The quantitative estimate of drug-likeness (QED) is 0.600. The van der Waals surface area contributed by atoms with Gasteiger partial charge in [0.15, 0.2) is 0 Å². The third kappa shape index (κ3) is 3.61. The van der Waals surface area contributed by atoms with Crippen LogP contribution in [0.2, 0.25) is 0 Å². The third-order valence-electron chi connectivity index (χ3n) is 4.17. The summed E-state index contributed by atoms with van der Waals surface area (Å²) in [6.45, 7) is 3.56. The summed E-state index contributed by atoms with van der Waals surface area (Å²) in [6.07, 6.45) is 1.11. The molecule has 3 rings (SSSR count). The molecule has 0 saturated heterocycles. The molecule has 0 aliphatic carbocycles. The Balaban J connectivity index is 2.14. The van der Waals surface area contributed by atoms with Crippen LogP contribution < -0.4 is 11.2 Å². The number of hydrogen-bond acceptors (Lipinski definition) is 5. The van der Waals surface area contributed by atoms with E-state index in [0.29, 0.717) is 16.9 Å². The fourth-order valence-corrected chi connectivity index (χ4v) is 2.68. The highest BCUT2D eigenvalue weighted by molar-refractivity contribution is 5.90. The van der Waals surface area contributed by atoms with E-state index in [2.05, 4.69) is 9.98 Å². The molecule has 0 spiro atoms. The summed E-state index contributed by atoms with van der Waals surface area (Å²) >= 11 is 0. The number of hydrogen-bond donors (Lipinski definition) is 3. The van der Waals surface area contributed by atoms with E-state index < -0.39 is 23.1 Å². The van der Waals surface area contributed by atoms with Crippen molar-refractivity contribution in [3.05, 3.63) is 85.6 Å². The van der Waals surface area contributed by atoms with Gasteiger partial charge in [-0.2, -0.15) is 0 Å². The van der Waals surface area contributed by atoms with Crippen LogP contribution in [-0.4, -0.2) is 31.9 Å². The molecular formula is C20H17N3O5. The van der Waals surface area contributed by atoms with Crippen LogP contribution in [0.25, 0.3) is 5.69 Å². The first-order valence-electron chi connectivity index (χ1n) is 8.31. The van der Waals surface area contributed by atoms with Crippen LogP contribution in [0.15, 0.2) is 57.0 Å². The molecule has 0 saturated carbocycles. The average Bonchev–Trinajstić information content (AvgIpc) is 2.62. The van der Waals surface area contributed by atoms with Crippen LogP contribution in [0.3, 0.4) is 0 Å². The normalized spacial score (nSPS) is 11.1. The monoisotopic (exact) mass is 379 g/mol. The van der Waals surface area contributed by atoms with Crippen molar-refractivity contribution in [2.75, 3.05) is 0 Å². The molecule has 0 radical (unpaired) electrons. The van der Waals surface area contributed by atoms with Crippen molar-refractivity contribution < 1.29 is 15.0 Å². The van der Waals surface area contributed by atoms with Crippen LogP contribution in [0.4, 0.5) is 5.69 Å². The fourth-order valence-electron chi connectivity index (χ4n) is 2.68. The second-order valence-electron chi connectivity index (χ2n) is 6.24. The number of carboxylic acid groups (broad SMARTS) is 1. The van der Waals surface area contributed by atoms with Gasteiger partial charge in [-0.05, 0) is 49.2 Å². The molecule has 3 aromatic rings. The Hall–Kier alpha value is -3.94. The lowest BCUT2D eigenvalue weighted by atomic mass is 10.1. The van der Waals surface area contributed by atoms with Crippen LogP contribution in [0.5, 0.6) is 5.88 Å². The summed E-state index contributed by atoms with van der Waals surface area (Å²) in [6, 6.07) is 11.2. The third-order valence-corrected chi connectivity index (χ3v) is 4.17. The molecule has 0 fully saturated rings. The molecule has 0 aliphatic heterocycles. The van der Waals surface area contributed by atoms with E-state index in [-0.39, 0.29) is 11.1 Å². The van der Waals surface area contributed by atoms with Gasteiger partial charge in [0.25, 0.3) is 5.56 Å². The molecule has 8 heteroatoms. The first kappa shape index (κ1) is 18.8. The molecule has 2 aromatic carbocycles. The lowest BCUT2D eigenvalue weighted by Gasteiger charge is -2.10. The topological polar surface area (TPSA) is 125 Å². The molecule has 0 amide bonds. The van der Waals surface area contributed by atoms with Gasteiger partial charge in [0.1, 0.15) is 5.56 Å². The lowest BCUT2D eigenvalue weighted by Crippen LogP contribution is -2.31. The number of carbonyl (C=O) groups is 1. The van der Waals surface area contributed by atoms with Crippen molar-refractivity contribution in [2.24, 2.45) is 4.99 Å². The molecule has 0 atom stereocenters. The molecule has 0 bridgehead atoms. The van der Waals surface area contributed by atoms with Gasteiger partial charge in [0, 0.05) is 6.21 Å². The van der Waals surface area contributed by atoms with E-state index in [1.165, 1.54) is 12.1 Å². The van der Waals surface area contributed by atoms with Crippen molar-refractivity contribution >= 4 is 17.9 Å². The number of aryl methyl sites for hydroxylation is 2. The maximum absolute atomic E-state index is 12.2. The minimum absolute atomic E-state index is 0.0422. The Labute approximate surface area is 159 Å². The van der Waals surface area contributed by atoms with E-state index in [0.717, 1.165) is 16.3 Å². The summed E-state index contributed by atoms with van der Waals surface area (Å²) in [5.41, 5.74) is 0.498. The van der Waals surface area contributed by atoms with Crippen LogP contribution in [-0.2, 0) is 0 Å². The number of aromatic nitrogens is 2. The molecule has 1 heterocycles. The fraction of sp³-hybridized carbons (Fsp3) is 0.100. The minimum Gasteiger partial charge on any atom is -0.493 e. The van der Waals surface area contributed by atoms with Gasteiger partial charge in [-0.1, -0.05) is 18.2 Å². The minimum atomic E-state index is -1.11. The van der Waals surface area contributed by atoms with Gasteiger partial charge in [-0.3, -0.25) is 14.8 Å². The lowest BCUT2D eigenvalue weighted by molar-refractivity contribution is 0.0697. The van der Waals surface area contributed by atoms with Crippen LogP contribution in [0.1, 0.15) is 27.0 Å². The number of H-pyrrole nitrogens is 1. The van der Waals surface area contributed by atoms with E-state index >= 15 is 0 Å². The summed E-state index contributed by atoms with van der Waals surface area (Å²) in [7, 11) is 0. The maximum Gasteiger partial charge on any atom is 0.335 e. The van der Waals surface area contributed by atoms with Gasteiger partial charge < -0.3 is 10.2 Å². The number of aliphatic imine (C=N–C) groups is 1. The number of benzene rings is 2. The van der Waals surface area contributed by atoms with Gasteiger partial charge in [-0.25, -0.2) is 14.2 Å². The number of aromatic amines is 1. The summed E-state index contributed by atoms with van der Waals surface area (Å²) in [4.78, 5) is 41.8. The van der Waals surface area contributed by atoms with Crippen molar-refractivity contribution in [1.29, 1.82) is 0 Å². The highest BCUT2D eigenvalue weighted by Crippen LogP contribution is 2.21. The number of nitrogens with one attached hydrogen (secondary N) is 1. The smallest absolute Gasteiger partial charge is 0.335 e. The Morgan fingerprint density at radius 3 is 2.57 bits per heavy atom. The zero-order valence-electron chi connectivity index (χ0n) is 15.1. The summed E-state index contributed by atoms with van der Waals surface area (Å²) in [5, 5.41) is 19.6. The van der Waals surface area contributed by atoms with E-state index in [1.807, 2.05) is 13.0 Å². The maximum atomic E-state index is 12.2. The molecule has 1 aromatic heterocycles. The Morgan fingerprint density at radius 1 is 1.14 bits per heavy atom. The van der Waals surface area contributed by atoms with Gasteiger partial charge in [-0.15, -0.1) is 0 Å². The number of carboxylic acids is 1. The van der Waals surface area contributed by atoms with Crippen molar-refractivity contribution in [2.45, 2.75) is 13.8 Å². The summed E-state index contributed by atoms with van der Waals surface area (Å²) in [5.74, 6) is -1.67. The summed E-state index contributed by atoms with van der Waals surface area (Å²) < 4.78 is 0.969. The molecule has 0 unspecified atom stereocenters. The van der Waals surface area contributed by atoms with Crippen LogP contribution in [0, 0.1) is 13.8 Å². The van der Waals surface area contributed by atoms with Crippen molar-refractivity contribution in [3.63, 3.8) is 0 Å². The highest BCUT2D eigenvalue weighted by Gasteiger charge is 2.14. The predicted octanol–water partition coefficient (Wildman–Crippen LogP) is 2.30. The Kier molecular flexibility index (Phi) is 4.95. The van der Waals surface area contributed by atoms with E-state index in [9.17, 15) is 19.5 Å². The molecular weight excluding hydrogens is 362 g/mol. The zero-order valence-corrected chi connectivity index (χ0v) is 15.1. The van der Waals surface area contributed by atoms with Gasteiger partial charge in [0.05, 0.1) is 16.9 Å². The highest BCUT2D eigenvalue weighted by atomic mass is 16.4. The SMILES string of the molecule is Cc1cccc(-n2c(O)c(C=Nc3cc(C(=O)O)ccc3C)c(=O)[nH]c2=O)c1. The van der Waals surface area contributed by atoms with Crippen molar-refractivity contribution in [1.82, 2.24) is 9.55 Å². The van der Waals surface area contributed by atoms with E-state index in [1.54, 1.807) is 31.2 Å². The standard InChI is InChI=1S/C20H17N3O5/c1-11-4-3-5-14(8-11)23-18(25)15(17(24)22-20(23)28)10-21-16-9-13(19(26)27)7-6-12(16)2/h3-10,25H,1-2H3,(H,26,27)(H,22,24,28). The second-order valence-corrected chi connectivity index (χ2v) is 6.24. The Morgan fingerprint density at radius 2 is 1.89 bits per heavy atom. The van der Waals surface area contributed by atoms with Gasteiger partial charge in [0.2, 0.25) is 5.88 Å². The number of nitrogens with zero attached hydrogens (tertiary/aromatic N) is 2. The molecule has 142 valence electrons. The predicted molar refractivity (Wildman–Crippen MR) is 104 cm³/mol. The van der Waals surface area contributed by atoms with Crippen LogP contribution >= 0.6 is 0 Å². The van der Waals surface area contributed by atoms with Crippen molar-refractivity contribution in [3.8, 4) is 11.6 Å². The number of aromatic hydroxyl groups is 1. The van der Waals surface area contributed by atoms with Gasteiger partial charge >= 0.3 is 11.7 Å². The molecule has 0 aliphatic rings. The first-order chi connectivity index (χ1) is 13.3. The molecule has 28 heavy (non-hydrogen) atoms. The Bertz CT molecular complexity index is 1220. The zero-order chi connectivity index (χ0) is 20.4. The molecule has 3 N–H and O–H groups in total. The first-order valence-corrected chi connectivity index (χ1v) is 8.31. The second kappa shape index (κ2) is 7.36. The molecule has 8 nitrogen and oxygen atoms in total. The average molecular weight is 379 g/mol.